The molecule has 4 nitrogen and oxygen atoms in total. The standard InChI is InChI=1S/C23H28N4S/c1-6-27-21(20(25-22(27)28)18-9-7-8-12-24-18)16-10-11-19-17(13-16)15(2)14-23(3,4)26(19)5/h7-14,20-21H,6H2,1-5H3,(H,25,28)/t20-,21-/m0/s1. The first-order chi connectivity index (χ1) is 13.3. The number of rotatable bonds is 3. The summed E-state index contributed by atoms with van der Waals surface area (Å²) in [4.78, 5) is 9.23. The molecule has 2 aliphatic heterocycles. The van der Waals surface area contributed by atoms with Gasteiger partial charge in [0.15, 0.2) is 5.11 Å². The highest BCUT2D eigenvalue weighted by Crippen LogP contribution is 2.43. The lowest BCUT2D eigenvalue weighted by Gasteiger charge is -2.41. The van der Waals surface area contributed by atoms with Gasteiger partial charge in [0.05, 0.1) is 23.3 Å². The zero-order chi connectivity index (χ0) is 20.1. The summed E-state index contributed by atoms with van der Waals surface area (Å²) in [6.45, 7) is 9.73. The Labute approximate surface area is 173 Å². The van der Waals surface area contributed by atoms with Gasteiger partial charge in [-0.15, -0.1) is 0 Å². The van der Waals surface area contributed by atoms with E-state index >= 15 is 0 Å². The Morgan fingerprint density at radius 2 is 2.00 bits per heavy atom. The van der Waals surface area contributed by atoms with Crippen molar-refractivity contribution in [2.24, 2.45) is 0 Å². The van der Waals surface area contributed by atoms with E-state index in [-0.39, 0.29) is 17.6 Å². The fourth-order valence-corrected chi connectivity index (χ4v) is 4.84. The van der Waals surface area contributed by atoms with E-state index in [2.05, 4.69) is 85.2 Å². The molecule has 0 spiro atoms. The lowest BCUT2D eigenvalue weighted by molar-refractivity contribution is 0.330. The molecular formula is C23H28N4S. The van der Waals surface area contributed by atoms with Gasteiger partial charge in [0.1, 0.15) is 0 Å². The second-order valence-corrected chi connectivity index (χ2v) is 8.62. The number of nitrogens with one attached hydrogen (secondary N) is 1. The smallest absolute Gasteiger partial charge is 0.170 e. The lowest BCUT2D eigenvalue weighted by Crippen LogP contribution is -2.42. The Hall–Kier alpha value is -2.40. The molecule has 146 valence electrons. The van der Waals surface area contributed by atoms with Crippen LogP contribution in [0.15, 0.2) is 48.7 Å². The summed E-state index contributed by atoms with van der Waals surface area (Å²) in [5, 5.41) is 4.30. The van der Waals surface area contributed by atoms with Crippen LogP contribution in [0.2, 0.25) is 0 Å². The summed E-state index contributed by atoms with van der Waals surface area (Å²) in [7, 11) is 2.17. The molecule has 2 atom stereocenters. The molecule has 1 saturated heterocycles. The second kappa shape index (κ2) is 6.89. The summed E-state index contributed by atoms with van der Waals surface area (Å²) >= 11 is 5.65. The van der Waals surface area contributed by atoms with E-state index in [0.717, 1.165) is 17.4 Å². The Bertz CT molecular complexity index is 935. The third-order valence-electron chi connectivity index (χ3n) is 6.12. The van der Waals surface area contributed by atoms with Crippen molar-refractivity contribution in [3.8, 4) is 0 Å². The maximum atomic E-state index is 5.65. The molecule has 0 radical (unpaired) electrons. The number of fused-ring (bicyclic) bond motifs is 1. The van der Waals surface area contributed by atoms with Gasteiger partial charge in [0.25, 0.3) is 0 Å². The molecule has 0 bridgehead atoms. The zero-order valence-corrected chi connectivity index (χ0v) is 18.0. The topological polar surface area (TPSA) is 31.4 Å². The van der Waals surface area contributed by atoms with Gasteiger partial charge in [0.2, 0.25) is 0 Å². The van der Waals surface area contributed by atoms with Crippen molar-refractivity contribution >= 4 is 28.6 Å². The SMILES string of the molecule is CCN1C(=S)N[C@@H](c2ccccn2)[C@@H]1c1ccc2c(c1)C(C)=CC(C)(C)N2C. The van der Waals surface area contributed by atoms with Gasteiger partial charge in [-0.05, 0) is 75.3 Å². The van der Waals surface area contributed by atoms with E-state index < -0.39 is 0 Å². The number of anilines is 1. The summed E-state index contributed by atoms with van der Waals surface area (Å²) in [6, 6.07) is 13.1. The van der Waals surface area contributed by atoms with E-state index in [1.165, 1.54) is 22.4 Å². The summed E-state index contributed by atoms with van der Waals surface area (Å²) in [5.41, 5.74) is 6.21. The monoisotopic (exact) mass is 392 g/mol. The quantitative estimate of drug-likeness (QED) is 0.765. The van der Waals surface area contributed by atoms with Crippen LogP contribution in [-0.2, 0) is 0 Å². The highest BCUT2D eigenvalue weighted by atomic mass is 32.1. The van der Waals surface area contributed by atoms with Gasteiger partial charge < -0.3 is 15.1 Å². The van der Waals surface area contributed by atoms with Gasteiger partial charge in [-0.2, -0.15) is 0 Å². The van der Waals surface area contributed by atoms with Crippen molar-refractivity contribution in [1.82, 2.24) is 15.2 Å². The summed E-state index contributed by atoms with van der Waals surface area (Å²) in [5.74, 6) is 0. The van der Waals surface area contributed by atoms with E-state index in [1.807, 2.05) is 18.3 Å². The first-order valence-electron chi connectivity index (χ1n) is 9.89. The molecule has 2 aliphatic rings. The van der Waals surface area contributed by atoms with Crippen molar-refractivity contribution in [1.29, 1.82) is 0 Å². The molecule has 0 aliphatic carbocycles. The van der Waals surface area contributed by atoms with E-state index in [0.29, 0.717) is 0 Å². The minimum Gasteiger partial charge on any atom is -0.366 e. The molecule has 2 aromatic rings. The van der Waals surface area contributed by atoms with E-state index in [1.54, 1.807) is 0 Å². The average molecular weight is 393 g/mol. The zero-order valence-electron chi connectivity index (χ0n) is 17.2. The van der Waals surface area contributed by atoms with Crippen molar-refractivity contribution in [3.05, 3.63) is 65.5 Å². The molecule has 1 aromatic heterocycles. The van der Waals surface area contributed by atoms with Crippen LogP contribution in [0.5, 0.6) is 0 Å². The first kappa shape index (κ1) is 18.9. The van der Waals surface area contributed by atoms with E-state index in [9.17, 15) is 0 Å². The number of thiocarbonyl (C=S) groups is 1. The Balaban J connectivity index is 1.81. The van der Waals surface area contributed by atoms with Gasteiger partial charge in [-0.1, -0.05) is 18.2 Å². The van der Waals surface area contributed by atoms with Crippen LogP contribution >= 0.6 is 12.2 Å². The van der Waals surface area contributed by atoms with Gasteiger partial charge in [0, 0.05) is 31.0 Å². The van der Waals surface area contributed by atoms with Gasteiger partial charge in [-0.3, -0.25) is 4.98 Å². The summed E-state index contributed by atoms with van der Waals surface area (Å²) in [6.07, 6.45) is 4.20. The number of pyridine rings is 1. The molecule has 28 heavy (non-hydrogen) atoms. The Morgan fingerprint density at radius 1 is 1.21 bits per heavy atom. The summed E-state index contributed by atoms with van der Waals surface area (Å²) < 4.78 is 0. The normalized spacial score (nSPS) is 23.3. The van der Waals surface area contributed by atoms with Crippen molar-refractivity contribution in [3.63, 3.8) is 0 Å². The number of aromatic nitrogens is 1. The lowest BCUT2D eigenvalue weighted by atomic mass is 9.86. The Morgan fingerprint density at radius 3 is 2.68 bits per heavy atom. The average Bonchev–Trinajstić information content (AvgIpc) is 3.02. The molecule has 0 amide bonds. The van der Waals surface area contributed by atoms with Crippen LogP contribution in [-0.4, -0.2) is 34.1 Å². The predicted octanol–water partition coefficient (Wildman–Crippen LogP) is 4.71. The van der Waals surface area contributed by atoms with E-state index in [4.69, 9.17) is 12.2 Å². The molecule has 5 heteroatoms. The third kappa shape index (κ3) is 2.98. The maximum absolute atomic E-state index is 5.65. The highest BCUT2D eigenvalue weighted by Gasteiger charge is 2.39. The fraction of sp³-hybridized carbons (Fsp3) is 0.391. The van der Waals surface area contributed by atoms with Crippen molar-refractivity contribution < 1.29 is 0 Å². The predicted molar refractivity (Wildman–Crippen MR) is 120 cm³/mol. The first-order valence-corrected chi connectivity index (χ1v) is 10.3. The molecule has 0 unspecified atom stereocenters. The van der Waals surface area contributed by atoms with Crippen LogP contribution in [0, 0.1) is 0 Å². The number of benzene rings is 1. The molecular weight excluding hydrogens is 364 g/mol. The number of likely N-dealkylation sites (N-methyl/N-ethyl adjacent to an activating group) is 2. The molecule has 1 aromatic carbocycles. The van der Waals surface area contributed by atoms with Crippen LogP contribution in [0.3, 0.4) is 0 Å². The van der Waals surface area contributed by atoms with Gasteiger partial charge >= 0.3 is 0 Å². The maximum Gasteiger partial charge on any atom is 0.170 e. The molecule has 1 N–H and O–H groups in total. The Kier molecular flexibility index (Phi) is 4.66. The van der Waals surface area contributed by atoms with Crippen LogP contribution in [0.4, 0.5) is 5.69 Å². The fourth-order valence-electron chi connectivity index (χ4n) is 4.47. The number of allylic oxidation sites excluding steroid dienone is 1. The molecule has 3 heterocycles. The molecule has 1 fully saturated rings. The highest BCUT2D eigenvalue weighted by molar-refractivity contribution is 7.80. The largest absolute Gasteiger partial charge is 0.366 e. The number of hydrogen-bond donors (Lipinski definition) is 1. The van der Waals surface area contributed by atoms with Crippen molar-refractivity contribution in [2.45, 2.75) is 45.3 Å². The van der Waals surface area contributed by atoms with Crippen LogP contribution < -0.4 is 10.2 Å². The van der Waals surface area contributed by atoms with Crippen molar-refractivity contribution in [2.75, 3.05) is 18.5 Å². The number of hydrogen-bond acceptors (Lipinski definition) is 3. The number of nitrogens with zero attached hydrogens (tertiary/aromatic N) is 3. The second-order valence-electron chi connectivity index (χ2n) is 8.23. The minimum atomic E-state index is 0.0149. The van der Waals surface area contributed by atoms with Gasteiger partial charge in [-0.25, -0.2) is 0 Å². The minimum absolute atomic E-state index is 0.0149. The molecule has 0 saturated carbocycles. The molecule has 4 rings (SSSR count). The third-order valence-corrected chi connectivity index (χ3v) is 6.47. The van der Waals surface area contributed by atoms with Crippen LogP contribution in [0.25, 0.3) is 5.57 Å². The van der Waals surface area contributed by atoms with Crippen LogP contribution in [0.1, 0.15) is 56.6 Å².